The van der Waals surface area contributed by atoms with E-state index in [0.717, 1.165) is 17.1 Å². The second kappa shape index (κ2) is 5.36. The number of amides is 1. The highest BCUT2D eigenvalue weighted by Crippen LogP contribution is 2.20. The van der Waals surface area contributed by atoms with E-state index in [0.29, 0.717) is 6.54 Å². The number of carbonyl (C=O) groups excluding carboxylic acids is 1. The average molecular weight is 279 g/mol. The van der Waals surface area contributed by atoms with Gasteiger partial charge in [-0.2, -0.15) is 0 Å². The van der Waals surface area contributed by atoms with Gasteiger partial charge in [-0.3, -0.25) is 4.79 Å². The van der Waals surface area contributed by atoms with Gasteiger partial charge in [0.05, 0.1) is 18.3 Å². The van der Waals surface area contributed by atoms with Gasteiger partial charge in [0.15, 0.2) is 0 Å². The number of rotatable bonds is 3. The van der Waals surface area contributed by atoms with E-state index in [1.165, 1.54) is 10.4 Å². The Balaban J connectivity index is 2.07. The summed E-state index contributed by atoms with van der Waals surface area (Å²) in [6.07, 6.45) is 0.984. The molecule has 1 amide bonds. The smallest absolute Gasteiger partial charge is 0.255 e. The summed E-state index contributed by atoms with van der Waals surface area (Å²) >= 11 is 1.62. The lowest BCUT2D eigenvalue weighted by Gasteiger charge is -2.05. The normalized spacial score (nSPS) is 10.5. The highest BCUT2D eigenvalue weighted by Gasteiger charge is 2.12. The number of nitrogens with one attached hydrogen (secondary N) is 1. The highest BCUT2D eigenvalue weighted by atomic mass is 32.1. The van der Waals surface area contributed by atoms with Gasteiger partial charge in [-0.15, -0.1) is 11.3 Å². The van der Waals surface area contributed by atoms with E-state index in [4.69, 9.17) is 5.73 Å². The number of carbonyl (C=O) groups is 1. The number of aromatic nitrogens is 1. The summed E-state index contributed by atoms with van der Waals surface area (Å²) < 4.78 is 13.0. The molecule has 0 bridgehead atoms. The molecule has 3 N–H and O–H groups in total. The van der Waals surface area contributed by atoms with Crippen LogP contribution in [0.15, 0.2) is 18.3 Å². The molecule has 2 heterocycles. The molecule has 0 aliphatic rings. The van der Waals surface area contributed by atoms with Gasteiger partial charge in [0.25, 0.3) is 5.91 Å². The number of thiophene rings is 1. The van der Waals surface area contributed by atoms with E-state index in [9.17, 15) is 9.18 Å². The van der Waals surface area contributed by atoms with E-state index >= 15 is 0 Å². The standard InChI is InChI=1S/C13H14FN3OS/c1-7-3-10(19-8(7)2)6-17-13(18)11-4-9(14)5-16-12(11)15/h3-5H,6H2,1-2H3,(H2,15,16)(H,17,18). The summed E-state index contributed by atoms with van der Waals surface area (Å²) in [5.74, 6) is -0.979. The van der Waals surface area contributed by atoms with Crippen molar-refractivity contribution in [2.24, 2.45) is 0 Å². The number of nitrogen functional groups attached to an aromatic ring is 1. The molecule has 0 aromatic carbocycles. The van der Waals surface area contributed by atoms with Crippen molar-refractivity contribution in [3.63, 3.8) is 0 Å². The summed E-state index contributed by atoms with van der Waals surface area (Å²) in [6.45, 7) is 4.44. The molecule has 4 nitrogen and oxygen atoms in total. The lowest BCUT2D eigenvalue weighted by Crippen LogP contribution is -2.24. The van der Waals surface area contributed by atoms with Crippen molar-refractivity contribution in [3.05, 3.63) is 45.0 Å². The zero-order valence-corrected chi connectivity index (χ0v) is 11.5. The summed E-state index contributed by atoms with van der Waals surface area (Å²) in [7, 11) is 0. The molecule has 0 saturated heterocycles. The maximum absolute atomic E-state index is 13.0. The molecule has 0 unspecified atom stereocenters. The van der Waals surface area contributed by atoms with Gasteiger partial charge in [0.1, 0.15) is 11.6 Å². The van der Waals surface area contributed by atoms with Crippen LogP contribution in [0.1, 0.15) is 25.7 Å². The fourth-order valence-corrected chi connectivity index (χ4v) is 2.62. The first-order valence-electron chi connectivity index (χ1n) is 5.72. The number of pyridine rings is 1. The van der Waals surface area contributed by atoms with E-state index < -0.39 is 11.7 Å². The highest BCUT2D eigenvalue weighted by molar-refractivity contribution is 7.12. The van der Waals surface area contributed by atoms with Gasteiger partial charge < -0.3 is 11.1 Å². The van der Waals surface area contributed by atoms with Gasteiger partial charge >= 0.3 is 0 Å². The molecule has 100 valence electrons. The number of anilines is 1. The van der Waals surface area contributed by atoms with Crippen LogP contribution in [0, 0.1) is 19.7 Å². The number of aryl methyl sites for hydroxylation is 2. The van der Waals surface area contributed by atoms with Crippen LogP contribution in [0.4, 0.5) is 10.2 Å². The van der Waals surface area contributed by atoms with Crippen LogP contribution < -0.4 is 11.1 Å². The van der Waals surface area contributed by atoms with Crippen molar-refractivity contribution in [1.82, 2.24) is 10.3 Å². The zero-order valence-electron chi connectivity index (χ0n) is 10.7. The number of nitrogens with zero attached hydrogens (tertiary/aromatic N) is 1. The first-order valence-corrected chi connectivity index (χ1v) is 6.54. The van der Waals surface area contributed by atoms with Gasteiger partial charge in [0.2, 0.25) is 0 Å². The van der Waals surface area contributed by atoms with Crippen LogP contribution >= 0.6 is 11.3 Å². The fourth-order valence-electron chi connectivity index (χ4n) is 1.63. The largest absolute Gasteiger partial charge is 0.383 e. The van der Waals surface area contributed by atoms with Crippen LogP contribution in [0.3, 0.4) is 0 Å². The zero-order chi connectivity index (χ0) is 14.0. The molecule has 6 heteroatoms. The molecule has 2 rings (SSSR count). The van der Waals surface area contributed by atoms with E-state index in [2.05, 4.69) is 10.3 Å². The minimum atomic E-state index is -0.581. The molecule has 0 fully saturated rings. The molecule has 0 atom stereocenters. The number of nitrogens with two attached hydrogens (primary N) is 1. The molecule has 0 aliphatic heterocycles. The van der Waals surface area contributed by atoms with Crippen molar-refractivity contribution in [2.45, 2.75) is 20.4 Å². The molecule has 2 aromatic rings. The monoisotopic (exact) mass is 279 g/mol. The Morgan fingerprint density at radius 2 is 2.21 bits per heavy atom. The SMILES string of the molecule is Cc1cc(CNC(=O)c2cc(F)cnc2N)sc1C. The summed E-state index contributed by atoms with van der Waals surface area (Å²) in [6, 6.07) is 3.11. The first kappa shape index (κ1) is 13.5. The maximum Gasteiger partial charge on any atom is 0.255 e. The molecule has 19 heavy (non-hydrogen) atoms. The molecular formula is C13H14FN3OS. The van der Waals surface area contributed by atoms with E-state index in [1.54, 1.807) is 11.3 Å². The average Bonchev–Trinajstić information content (AvgIpc) is 2.69. The second-order valence-electron chi connectivity index (χ2n) is 4.22. The van der Waals surface area contributed by atoms with E-state index in [-0.39, 0.29) is 11.4 Å². The quantitative estimate of drug-likeness (QED) is 0.906. The Labute approximate surface area is 114 Å². The Hall–Kier alpha value is -1.95. The third kappa shape index (κ3) is 3.08. The maximum atomic E-state index is 13.0. The summed E-state index contributed by atoms with van der Waals surface area (Å²) in [5.41, 5.74) is 6.81. The third-order valence-electron chi connectivity index (χ3n) is 2.77. The van der Waals surface area contributed by atoms with Crippen LogP contribution in [0.2, 0.25) is 0 Å². The minimum absolute atomic E-state index is 0.0254. The van der Waals surface area contributed by atoms with Gasteiger partial charge in [0, 0.05) is 9.75 Å². The van der Waals surface area contributed by atoms with Gasteiger partial charge in [-0.05, 0) is 31.5 Å². The van der Waals surface area contributed by atoms with Crippen molar-refractivity contribution < 1.29 is 9.18 Å². The summed E-state index contributed by atoms with van der Waals surface area (Å²) in [4.78, 5) is 17.8. The van der Waals surface area contributed by atoms with Crippen LogP contribution in [-0.2, 0) is 6.54 Å². The Morgan fingerprint density at radius 3 is 2.84 bits per heavy atom. The van der Waals surface area contributed by atoms with Crippen molar-refractivity contribution in [3.8, 4) is 0 Å². The predicted molar refractivity (Wildman–Crippen MR) is 73.6 cm³/mol. The van der Waals surface area contributed by atoms with Gasteiger partial charge in [-0.1, -0.05) is 0 Å². The molecular weight excluding hydrogens is 265 g/mol. The minimum Gasteiger partial charge on any atom is -0.383 e. The Bertz CT molecular complexity index is 605. The summed E-state index contributed by atoms with van der Waals surface area (Å²) in [5, 5.41) is 2.71. The molecule has 0 spiro atoms. The van der Waals surface area contributed by atoms with Crippen molar-refractivity contribution in [2.75, 3.05) is 5.73 Å². The Morgan fingerprint density at radius 1 is 1.47 bits per heavy atom. The number of hydrogen-bond acceptors (Lipinski definition) is 4. The van der Waals surface area contributed by atoms with Crippen molar-refractivity contribution >= 4 is 23.1 Å². The lowest BCUT2D eigenvalue weighted by atomic mass is 10.2. The van der Waals surface area contributed by atoms with Crippen LogP contribution in [0.25, 0.3) is 0 Å². The van der Waals surface area contributed by atoms with E-state index in [1.807, 2.05) is 19.9 Å². The number of hydrogen-bond donors (Lipinski definition) is 2. The molecule has 0 aliphatic carbocycles. The molecule has 0 radical (unpaired) electrons. The topological polar surface area (TPSA) is 68.0 Å². The second-order valence-corrected chi connectivity index (χ2v) is 5.56. The fraction of sp³-hybridized carbons (Fsp3) is 0.231. The molecule has 2 aromatic heterocycles. The van der Waals surface area contributed by atoms with Gasteiger partial charge in [-0.25, -0.2) is 9.37 Å². The number of halogens is 1. The van der Waals surface area contributed by atoms with Crippen molar-refractivity contribution in [1.29, 1.82) is 0 Å². The predicted octanol–water partition coefficient (Wildman–Crippen LogP) is 2.41. The van der Waals surface area contributed by atoms with Crippen LogP contribution in [0.5, 0.6) is 0 Å². The first-order chi connectivity index (χ1) is 8.97. The molecule has 0 saturated carbocycles. The third-order valence-corrected chi connectivity index (χ3v) is 3.92. The Kier molecular flexibility index (Phi) is 3.80. The lowest BCUT2D eigenvalue weighted by molar-refractivity contribution is 0.0951. The van der Waals surface area contributed by atoms with Crippen LogP contribution in [-0.4, -0.2) is 10.9 Å².